The molecule has 0 aromatic heterocycles. The number of rotatable bonds is 10. The van der Waals surface area contributed by atoms with E-state index in [2.05, 4.69) is 21.2 Å². The second-order valence-corrected chi connectivity index (χ2v) is 12.4. The summed E-state index contributed by atoms with van der Waals surface area (Å²) in [5.74, 6) is -0.812. The van der Waals surface area contributed by atoms with Crippen molar-refractivity contribution >= 4 is 66.7 Å². The summed E-state index contributed by atoms with van der Waals surface area (Å²) in [6.45, 7) is 1.29. The number of nitrogens with zero attached hydrogens (tertiary/aromatic N) is 2. The number of para-hydroxylation sites is 1. The van der Waals surface area contributed by atoms with Crippen LogP contribution >= 0.6 is 39.1 Å². The van der Waals surface area contributed by atoms with Crippen LogP contribution in [-0.4, -0.2) is 50.0 Å². The van der Waals surface area contributed by atoms with Crippen LogP contribution in [0.1, 0.15) is 44.6 Å². The molecule has 0 saturated heterocycles. The molecule has 11 heteroatoms. The van der Waals surface area contributed by atoms with E-state index in [0.717, 1.165) is 36.2 Å². The van der Waals surface area contributed by atoms with E-state index in [1.165, 1.54) is 4.90 Å². The van der Waals surface area contributed by atoms with Gasteiger partial charge in [0.2, 0.25) is 21.8 Å². The number of hydrogen-bond acceptors (Lipinski definition) is 4. The third-order valence-electron chi connectivity index (χ3n) is 6.28. The van der Waals surface area contributed by atoms with Crippen molar-refractivity contribution in [2.24, 2.45) is 0 Å². The third-order valence-corrected chi connectivity index (χ3v) is 8.78. The molecule has 1 saturated carbocycles. The van der Waals surface area contributed by atoms with Gasteiger partial charge in [0.1, 0.15) is 12.6 Å². The topological polar surface area (TPSA) is 86.8 Å². The van der Waals surface area contributed by atoms with Gasteiger partial charge in [-0.05, 0) is 59.5 Å². The molecule has 0 radical (unpaired) electrons. The first-order valence-corrected chi connectivity index (χ1v) is 15.2. The van der Waals surface area contributed by atoms with Crippen LogP contribution in [-0.2, 0) is 26.2 Å². The largest absolute Gasteiger partial charge is 0.352 e. The summed E-state index contributed by atoms with van der Waals surface area (Å²) >= 11 is 16.2. The molecule has 3 rings (SSSR count). The number of hydrogen-bond donors (Lipinski definition) is 1. The molecule has 2 amide bonds. The summed E-state index contributed by atoms with van der Waals surface area (Å²) in [4.78, 5) is 28.5. The van der Waals surface area contributed by atoms with Crippen molar-refractivity contribution in [3.8, 4) is 0 Å². The number of sulfonamides is 1. The minimum Gasteiger partial charge on any atom is -0.352 e. The van der Waals surface area contributed by atoms with Crippen LogP contribution in [0.4, 0.5) is 5.69 Å². The van der Waals surface area contributed by atoms with Gasteiger partial charge in [0, 0.05) is 32.7 Å². The zero-order chi connectivity index (χ0) is 26.5. The van der Waals surface area contributed by atoms with Gasteiger partial charge in [0.05, 0.1) is 11.9 Å². The van der Waals surface area contributed by atoms with Gasteiger partial charge in [-0.2, -0.15) is 0 Å². The van der Waals surface area contributed by atoms with E-state index in [-0.39, 0.29) is 18.5 Å². The zero-order valence-corrected chi connectivity index (χ0v) is 24.1. The molecular formula is C25H30BrCl2N3O4S. The lowest BCUT2D eigenvalue weighted by molar-refractivity contribution is -0.140. The molecule has 0 unspecified atom stereocenters. The summed E-state index contributed by atoms with van der Waals surface area (Å²) < 4.78 is 27.0. The molecule has 7 nitrogen and oxygen atoms in total. The third kappa shape index (κ3) is 7.15. The molecule has 1 aliphatic rings. The van der Waals surface area contributed by atoms with Crippen LogP contribution in [0.15, 0.2) is 46.9 Å². The van der Waals surface area contributed by atoms with E-state index < -0.39 is 28.5 Å². The Morgan fingerprint density at radius 2 is 1.69 bits per heavy atom. The Morgan fingerprint density at radius 3 is 2.25 bits per heavy atom. The van der Waals surface area contributed by atoms with Gasteiger partial charge in [-0.3, -0.25) is 13.9 Å². The normalized spacial score (nSPS) is 14.9. The van der Waals surface area contributed by atoms with Crippen LogP contribution in [0, 0.1) is 0 Å². The van der Waals surface area contributed by atoms with Gasteiger partial charge in [-0.15, -0.1) is 0 Å². The van der Waals surface area contributed by atoms with E-state index >= 15 is 0 Å². The number of carbonyl (C=O) groups excluding carboxylic acids is 2. The van der Waals surface area contributed by atoms with E-state index in [1.54, 1.807) is 42.5 Å². The SMILES string of the molecule is CC[C@@H](C(=O)NC1CCCC1)N(Cc1c(Cl)cccc1Cl)C(=O)CN(c1ccccc1Br)S(C)(=O)=O. The Labute approximate surface area is 231 Å². The average molecular weight is 619 g/mol. The second-order valence-electron chi connectivity index (χ2n) is 8.86. The first-order valence-electron chi connectivity index (χ1n) is 11.8. The Bertz CT molecular complexity index is 1190. The van der Waals surface area contributed by atoms with Gasteiger partial charge in [0.15, 0.2) is 0 Å². The summed E-state index contributed by atoms with van der Waals surface area (Å²) in [6.07, 6.45) is 5.27. The molecule has 196 valence electrons. The molecule has 1 fully saturated rings. The molecule has 2 aromatic rings. The highest BCUT2D eigenvalue weighted by molar-refractivity contribution is 9.10. The van der Waals surface area contributed by atoms with E-state index in [0.29, 0.717) is 32.2 Å². The highest BCUT2D eigenvalue weighted by Crippen LogP contribution is 2.30. The lowest BCUT2D eigenvalue weighted by atomic mass is 10.1. The van der Waals surface area contributed by atoms with Crippen molar-refractivity contribution in [2.75, 3.05) is 17.1 Å². The number of nitrogens with one attached hydrogen (secondary N) is 1. The first kappa shape index (κ1) is 28.8. The molecule has 0 aliphatic heterocycles. The van der Waals surface area contributed by atoms with E-state index in [9.17, 15) is 18.0 Å². The smallest absolute Gasteiger partial charge is 0.244 e. The molecule has 0 spiro atoms. The van der Waals surface area contributed by atoms with Gasteiger partial charge < -0.3 is 10.2 Å². The maximum atomic E-state index is 13.8. The minimum absolute atomic E-state index is 0.0402. The van der Waals surface area contributed by atoms with Gasteiger partial charge in [-0.25, -0.2) is 8.42 Å². The summed E-state index contributed by atoms with van der Waals surface area (Å²) in [5.41, 5.74) is 0.820. The quantitative estimate of drug-likeness (QED) is 0.387. The zero-order valence-electron chi connectivity index (χ0n) is 20.2. The van der Waals surface area contributed by atoms with Crippen molar-refractivity contribution in [1.82, 2.24) is 10.2 Å². The number of amides is 2. The monoisotopic (exact) mass is 617 g/mol. The highest BCUT2D eigenvalue weighted by atomic mass is 79.9. The number of halogens is 3. The Kier molecular flexibility index (Phi) is 10.1. The van der Waals surface area contributed by atoms with Crippen molar-refractivity contribution in [1.29, 1.82) is 0 Å². The Hall–Kier alpha value is -1.81. The molecular weight excluding hydrogens is 589 g/mol. The highest BCUT2D eigenvalue weighted by Gasteiger charge is 2.34. The van der Waals surface area contributed by atoms with Crippen molar-refractivity contribution in [2.45, 2.75) is 57.7 Å². The fourth-order valence-corrected chi connectivity index (χ4v) is 6.38. The maximum absolute atomic E-state index is 13.8. The lowest BCUT2D eigenvalue weighted by Crippen LogP contribution is -2.53. The summed E-state index contributed by atoms with van der Waals surface area (Å²) in [5, 5.41) is 3.78. The Balaban J connectivity index is 1.98. The van der Waals surface area contributed by atoms with Crippen molar-refractivity contribution < 1.29 is 18.0 Å². The molecule has 0 bridgehead atoms. The fourth-order valence-electron chi connectivity index (χ4n) is 4.39. The molecule has 1 atom stereocenters. The molecule has 0 heterocycles. The standard InChI is InChI=1S/C25H30BrCl2N3O4S/c1-3-22(25(33)29-17-9-4-5-10-17)30(15-18-20(27)12-8-13-21(18)28)24(32)16-31(36(2,34)35)23-14-7-6-11-19(23)26/h6-8,11-14,17,22H,3-5,9-10,15-16H2,1-2H3,(H,29,33)/t22-/m0/s1. The predicted molar refractivity (Wildman–Crippen MR) is 148 cm³/mol. The summed E-state index contributed by atoms with van der Waals surface area (Å²) in [7, 11) is -3.83. The molecule has 36 heavy (non-hydrogen) atoms. The number of benzene rings is 2. The van der Waals surface area contributed by atoms with Crippen LogP contribution in [0.25, 0.3) is 0 Å². The van der Waals surface area contributed by atoms with Crippen LogP contribution in [0.2, 0.25) is 10.0 Å². The van der Waals surface area contributed by atoms with Crippen LogP contribution in [0.5, 0.6) is 0 Å². The first-order chi connectivity index (χ1) is 17.0. The van der Waals surface area contributed by atoms with Crippen molar-refractivity contribution in [3.63, 3.8) is 0 Å². The average Bonchev–Trinajstić information content (AvgIpc) is 3.32. The fraction of sp³-hybridized carbons (Fsp3) is 0.440. The van der Waals surface area contributed by atoms with E-state index in [1.807, 2.05) is 6.92 Å². The maximum Gasteiger partial charge on any atom is 0.244 e. The van der Waals surface area contributed by atoms with E-state index in [4.69, 9.17) is 23.2 Å². The van der Waals surface area contributed by atoms with Crippen LogP contribution < -0.4 is 9.62 Å². The number of anilines is 1. The lowest BCUT2D eigenvalue weighted by Gasteiger charge is -2.34. The minimum atomic E-state index is -3.83. The predicted octanol–water partition coefficient (Wildman–Crippen LogP) is 5.39. The summed E-state index contributed by atoms with van der Waals surface area (Å²) in [6, 6.07) is 11.0. The van der Waals surface area contributed by atoms with Crippen molar-refractivity contribution in [3.05, 3.63) is 62.5 Å². The van der Waals surface area contributed by atoms with Gasteiger partial charge >= 0.3 is 0 Å². The molecule has 2 aromatic carbocycles. The number of carbonyl (C=O) groups is 2. The van der Waals surface area contributed by atoms with Gasteiger partial charge in [-0.1, -0.05) is 61.2 Å². The second kappa shape index (κ2) is 12.6. The molecule has 1 aliphatic carbocycles. The molecule has 1 N–H and O–H groups in total. The van der Waals surface area contributed by atoms with Gasteiger partial charge in [0.25, 0.3) is 0 Å². The Morgan fingerprint density at radius 1 is 1.08 bits per heavy atom. The van der Waals surface area contributed by atoms with Crippen LogP contribution in [0.3, 0.4) is 0 Å².